The average molecular weight is 275 g/mol. The van der Waals surface area contributed by atoms with E-state index in [2.05, 4.69) is 29.8 Å². The highest BCUT2D eigenvalue weighted by Crippen LogP contribution is 2.29. The number of benzene rings is 1. The highest BCUT2D eigenvalue weighted by Gasteiger charge is 2.19. The minimum atomic E-state index is -0.257. The van der Waals surface area contributed by atoms with E-state index in [-0.39, 0.29) is 11.2 Å². The van der Waals surface area contributed by atoms with Crippen molar-refractivity contribution in [3.05, 3.63) is 29.6 Å². The molecule has 1 nitrogen and oxygen atoms in total. The van der Waals surface area contributed by atoms with Crippen molar-refractivity contribution in [1.29, 1.82) is 0 Å². The second-order valence-corrected chi connectivity index (χ2v) is 4.99. The SMILES string of the molecule is COc1cc(F)ccc1CC(C)(C)CBr. The molecule has 0 spiro atoms. The molecule has 0 aliphatic rings. The van der Waals surface area contributed by atoms with Crippen molar-refractivity contribution >= 4 is 15.9 Å². The molecule has 0 fully saturated rings. The maximum Gasteiger partial charge on any atom is 0.126 e. The molecule has 0 heterocycles. The molecule has 84 valence electrons. The summed E-state index contributed by atoms with van der Waals surface area (Å²) in [5.41, 5.74) is 1.19. The Hall–Kier alpha value is -0.570. The van der Waals surface area contributed by atoms with E-state index in [1.165, 1.54) is 12.1 Å². The Labute approximate surface area is 98.8 Å². The summed E-state index contributed by atoms with van der Waals surface area (Å²) in [6.45, 7) is 4.31. The maximum atomic E-state index is 13.0. The van der Waals surface area contributed by atoms with Gasteiger partial charge in [-0.2, -0.15) is 0 Å². The molecule has 0 radical (unpaired) electrons. The van der Waals surface area contributed by atoms with E-state index in [0.717, 1.165) is 17.3 Å². The van der Waals surface area contributed by atoms with Crippen LogP contribution in [-0.2, 0) is 6.42 Å². The van der Waals surface area contributed by atoms with E-state index in [0.29, 0.717) is 5.75 Å². The first-order chi connectivity index (χ1) is 6.98. The van der Waals surface area contributed by atoms with Crippen LogP contribution in [-0.4, -0.2) is 12.4 Å². The van der Waals surface area contributed by atoms with Crippen LogP contribution in [0, 0.1) is 11.2 Å². The maximum absolute atomic E-state index is 13.0. The summed E-state index contributed by atoms with van der Waals surface area (Å²) in [6, 6.07) is 4.69. The number of hydrogen-bond donors (Lipinski definition) is 0. The Morgan fingerprint density at radius 1 is 1.40 bits per heavy atom. The normalized spacial score (nSPS) is 11.5. The fourth-order valence-electron chi connectivity index (χ4n) is 1.43. The minimum absolute atomic E-state index is 0.144. The van der Waals surface area contributed by atoms with Crippen LogP contribution in [0.4, 0.5) is 4.39 Å². The highest BCUT2D eigenvalue weighted by atomic mass is 79.9. The third-order valence-electron chi connectivity index (χ3n) is 2.28. The van der Waals surface area contributed by atoms with Crippen LogP contribution in [0.2, 0.25) is 0 Å². The molecule has 0 N–H and O–H groups in total. The van der Waals surface area contributed by atoms with E-state index < -0.39 is 0 Å². The molecule has 0 amide bonds. The van der Waals surface area contributed by atoms with Crippen LogP contribution in [0.25, 0.3) is 0 Å². The standard InChI is InChI=1S/C12H16BrFO/c1-12(2,8-13)7-9-4-5-10(14)6-11(9)15-3/h4-6H,7-8H2,1-3H3. The zero-order chi connectivity index (χ0) is 11.5. The van der Waals surface area contributed by atoms with Gasteiger partial charge < -0.3 is 4.74 Å². The van der Waals surface area contributed by atoms with Gasteiger partial charge in [-0.25, -0.2) is 4.39 Å². The Morgan fingerprint density at radius 3 is 2.60 bits per heavy atom. The molecule has 1 rings (SSSR count). The number of halogens is 2. The lowest BCUT2D eigenvalue weighted by Crippen LogP contribution is -2.17. The lowest BCUT2D eigenvalue weighted by Gasteiger charge is -2.22. The largest absolute Gasteiger partial charge is 0.496 e. The molecule has 0 aromatic heterocycles. The summed E-state index contributed by atoms with van der Waals surface area (Å²) in [7, 11) is 1.57. The smallest absolute Gasteiger partial charge is 0.126 e. The number of methoxy groups -OCH3 is 1. The van der Waals surface area contributed by atoms with Crippen LogP contribution in [0.3, 0.4) is 0 Å². The Morgan fingerprint density at radius 2 is 2.07 bits per heavy atom. The van der Waals surface area contributed by atoms with Crippen LogP contribution >= 0.6 is 15.9 Å². The minimum Gasteiger partial charge on any atom is -0.496 e. The molecule has 1 aromatic rings. The summed E-state index contributed by atoms with van der Waals surface area (Å²) in [4.78, 5) is 0. The lowest BCUT2D eigenvalue weighted by molar-refractivity contribution is 0.382. The Kier molecular flexibility index (Phi) is 4.14. The second kappa shape index (κ2) is 4.97. The molecule has 0 atom stereocenters. The Balaban J connectivity index is 2.94. The number of alkyl halides is 1. The first-order valence-electron chi connectivity index (χ1n) is 4.87. The van der Waals surface area contributed by atoms with Gasteiger partial charge in [0, 0.05) is 11.4 Å². The topological polar surface area (TPSA) is 9.23 Å². The third-order valence-corrected chi connectivity index (χ3v) is 3.80. The molecular weight excluding hydrogens is 259 g/mol. The molecule has 0 aliphatic carbocycles. The van der Waals surface area contributed by atoms with E-state index in [1.807, 2.05) is 0 Å². The lowest BCUT2D eigenvalue weighted by atomic mass is 9.88. The predicted molar refractivity (Wildman–Crippen MR) is 64.2 cm³/mol. The molecular formula is C12H16BrFO. The quantitative estimate of drug-likeness (QED) is 0.759. The van der Waals surface area contributed by atoms with Gasteiger partial charge in [-0.15, -0.1) is 0 Å². The fraction of sp³-hybridized carbons (Fsp3) is 0.500. The number of rotatable bonds is 4. The average Bonchev–Trinajstić information content (AvgIpc) is 2.20. The van der Waals surface area contributed by atoms with Crippen LogP contribution in [0.5, 0.6) is 5.75 Å². The highest BCUT2D eigenvalue weighted by molar-refractivity contribution is 9.09. The van der Waals surface area contributed by atoms with Gasteiger partial charge in [0.25, 0.3) is 0 Å². The van der Waals surface area contributed by atoms with E-state index >= 15 is 0 Å². The first-order valence-corrected chi connectivity index (χ1v) is 5.99. The van der Waals surface area contributed by atoms with Gasteiger partial charge in [-0.05, 0) is 23.5 Å². The third kappa shape index (κ3) is 3.49. The molecule has 1 aromatic carbocycles. The van der Waals surface area contributed by atoms with Crippen LogP contribution in [0.1, 0.15) is 19.4 Å². The van der Waals surface area contributed by atoms with Crippen molar-refractivity contribution in [2.75, 3.05) is 12.4 Å². The van der Waals surface area contributed by atoms with Gasteiger partial charge in [0.2, 0.25) is 0 Å². The summed E-state index contributed by atoms with van der Waals surface area (Å²) in [6.07, 6.45) is 0.863. The van der Waals surface area contributed by atoms with Gasteiger partial charge in [0.05, 0.1) is 7.11 Å². The molecule has 0 bridgehead atoms. The zero-order valence-electron chi connectivity index (χ0n) is 9.31. The number of ether oxygens (including phenoxy) is 1. The van der Waals surface area contributed by atoms with Gasteiger partial charge >= 0.3 is 0 Å². The van der Waals surface area contributed by atoms with Gasteiger partial charge in [0.15, 0.2) is 0 Å². The van der Waals surface area contributed by atoms with Gasteiger partial charge in [-0.1, -0.05) is 35.8 Å². The summed E-state index contributed by atoms with van der Waals surface area (Å²) in [5.74, 6) is 0.372. The number of hydrogen-bond acceptors (Lipinski definition) is 1. The van der Waals surface area contributed by atoms with E-state index in [1.54, 1.807) is 13.2 Å². The Bertz CT molecular complexity index is 336. The van der Waals surface area contributed by atoms with E-state index in [4.69, 9.17) is 4.74 Å². The fourth-order valence-corrected chi connectivity index (χ4v) is 1.63. The van der Waals surface area contributed by atoms with Crippen molar-refractivity contribution in [3.8, 4) is 5.75 Å². The molecule has 0 unspecified atom stereocenters. The van der Waals surface area contributed by atoms with Crippen molar-refractivity contribution in [2.24, 2.45) is 5.41 Å². The van der Waals surface area contributed by atoms with Crippen molar-refractivity contribution < 1.29 is 9.13 Å². The molecule has 0 saturated heterocycles. The van der Waals surface area contributed by atoms with Gasteiger partial charge in [0.1, 0.15) is 11.6 Å². The first kappa shape index (κ1) is 12.5. The summed E-state index contributed by atoms with van der Waals surface area (Å²) >= 11 is 3.47. The van der Waals surface area contributed by atoms with Crippen molar-refractivity contribution in [1.82, 2.24) is 0 Å². The van der Waals surface area contributed by atoms with Crippen molar-refractivity contribution in [2.45, 2.75) is 20.3 Å². The molecule has 0 saturated carbocycles. The second-order valence-electron chi connectivity index (χ2n) is 4.43. The predicted octanol–water partition coefficient (Wildman–Crippen LogP) is 3.80. The van der Waals surface area contributed by atoms with Gasteiger partial charge in [-0.3, -0.25) is 0 Å². The molecule has 3 heteroatoms. The summed E-state index contributed by atoms with van der Waals surface area (Å²) < 4.78 is 18.1. The monoisotopic (exact) mass is 274 g/mol. The van der Waals surface area contributed by atoms with Crippen LogP contribution in [0.15, 0.2) is 18.2 Å². The summed E-state index contributed by atoms with van der Waals surface area (Å²) in [5, 5.41) is 0.903. The van der Waals surface area contributed by atoms with Crippen molar-refractivity contribution in [3.63, 3.8) is 0 Å². The van der Waals surface area contributed by atoms with E-state index in [9.17, 15) is 4.39 Å². The molecule has 0 aliphatic heterocycles. The molecule has 15 heavy (non-hydrogen) atoms. The van der Waals surface area contributed by atoms with Crippen LogP contribution < -0.4 is 4.74 Å². The zero-order valence-corrected chi connectivity index (χ0v) is 10.9.